The van der Waals surface area contributed by atoms with Crippen molar-refractivity contribution in [2.45, 2.75) is 31.7 Å². The normalized spacial score (nSPS) is 22.8. The minimum atomic E-state index is -0.678. The van der Waals surface area contributed by atoms with Gasteiger partial charge in [0.05, 0.1) is 17.5 Å². The summed E-state index contributed by atoms with van der Waals surface area (Å²) >= 11 is 3.45. The Balaban J connectivity index is 2.00. The molecule has 2 unspecified atom stereocenters. The van der Waals surface area contributed by atoms with Gasteiger partial charge in [0.25, 0.3) is 0 Å². The zero-order valence-electron chi connectivity index (χ0n) is 10.9. The predicted octanol–water partition coefficient (Wildman–Crippen LogP) is 3.51. The fraction of sp³-hybridized carbons (Fsp3) is 0.500. The van der Waals surface area contributed by atoms with Crippen LogP contribution in [0, 0.1) is 5.92 Å². The number of carbonyl (C=O) groups is 1. The number of nitrogens with one attached hydrogen (secondary N) is 1. The first kappa shape index (κ1) is 14.2. The number of ether oxygens (including phenoxy) is 1. The summed E-state index contributed by atoms with van der Waals surface area (Å²) < 4.78 is 6.08. The molecule has 0 radical (unpaired) electrons. The molecule has 0 saturated heterocycles. The van der Waals surface area contributed by atoms with Crippen molar-refractivity contribution < 1.29 is 14.6 Å². The Morgan fingerprint density at radius 2 is 2.26 bits per heavy atom. The van der Waals surface area contributed by atoms with E-state index in [1.54, 1.807) is 7.11 Å². The van der Waals surface area contributed by atoms with Crippen LogP contribution in [0.1, 0.15) is 25.7 Å². The number of halogens is 1. The number of benzene rings is 1. The lowest BCUT2D eigenvalue weighted by atomic mass is 9.85. The molecule has 1 saturated carbocycles. The van der Waals surface area contributed by atoms with E-state index in [1.165, 1.54) is 0 Å². The molecular formula is C14H18BrNO3. The maximum absolute atomic E-state index is 11.0. The van der Waals surface area contributed by atoms with Gasteiger partial charge in [0, 0.05) is 11.7 Å². The van der Waals surface area contributed by atoms with Gasteiger partial charge in [-0.3, -0.25) is 4.79 Å². The molecule has 5 heteroatoms. The Morgan fingerprint density at radius 3 is 2.89 bits per heavy atom. The van der Waals surface area contributed by atoms with Crippen LogP contribution in [0.15, 0.2) is 22.7 Å². The summed E-state index contributed by atoms with van der Waals surface area (Å²) in [7, 11) is 1.63. The van der Waals surface area contributed by atoms with Crippen LogP contribution in [0.3, 0.4) is 0 Å². The molecule has 0 spiro atoms. The van der Waals surface area contributed by atoms with E-state index in [1.807, 2.05) is 18.2 Å². The van der Waals surface area contributed by atoms with Crippen molar-refractivity contribution in [3.8, 4) is 5.75 Å². The number of rotatable bonds is 4. The molecule has 4 nitrogen and oxygen atoms in total. The molecule has 0 aromatic heterocycles. The van der Waals surface area contributed by atoms with Crippen molar-refractivity contribution in [1.82, 2.24) is 0 Å². The summed E-state index contributed by atoms with van der Waals surface area (Å²) in [5, 5.41) is 12.5. The number of methoxy groups -OCH3 is 1. The van der Waals surface area contributed by atoms with Crippen molar-refractivity contribution in [3.05, 3.63) is 22.7 Å². The van der Waals surface area contributed by atoms with Crippen LogP contribution < -0.4 is 10.1 Å². The lowest BCUT2D eigenvalue weighted by Gasteiger charge is -2.28. The third-order valence-electron chi connectivity index (χ3n) is 3.55. The van der Waals surface area contributed by atoms with Crippen molar-refractivity contribution in [2.24, 2.45) is 5.92 Å². The van der Waals surface area contributed by atoms with Crippen LogP contribution in [0.25, 0.3) is 0 Å². The Labute approximate surface area is 121 Å². The SMILES string of the molecule is COc1ccc(NC2CCCC(C(=O)O)C2)cc1Br. The standard InChI is InChI=1S/C14H18BrNO3/c1-19-13-6-5-11(8-12(13)15)16-10-4-2-3-9(7-10)14(17)18/h5-6,8-10,16H,2-4,7H2,1H3,(H,17,18). The molecule has 1 fully saturated rings. The van der Waals surface area contributed by atoms with Crippen molar-refractivity contribution in [1.29, 1.82) is 0 Å². The van der Waals surface area contributed by atoms with Gasteiger partial charge in [0.1, 0.15) is 5.75 Å². The minimum absolute atomic E-state index is 0.215. The minimum Gasteiger partial charge on any atom is -0.496 e. The molecule has 1 aromatic rings. The summed E-state index contributed by atoms with van der Waals surface area (Å²) in [6.07, 6.45) is 3.47. The van der Waals surface area contributed by atoms with E-state index in [4.69, 9.17) is 9.84 Å². The van der Waals surface area contributed by atoms with Gasteiger partial charge in [-0.15, -0.1) is 0 Å². The number of hydrogen-bond acceptors (Lipinski definition) is 3. The second-order valence-electron chi connectivity index (χ2n) is 4.89. The van der Waals surface area contributed by atoms with Gasteiger partial charge in [0.2, 0.25) is 0 Å². The van der Waals surface area contributed by atoms with Gasteiger partial charge in [0.15, 0.2) is 0 Å². The van der Waals surface area contributed by atoms with Gasteiger partial charge >= 0.3 is 5.97 Å². The number of carboxylic acid groups (broad SMARTS) is 1. The van der Waals surface area contributed by atoms with E-state index in [0.717, 1.165) is 35.2 Å². The third kappa shape index (κ3) is 3.62. The first-order valence-electron chi connectivity index (χ1n) is 6.43. The number of anilines is 1. The summed E-state index contributed by atoms with van der Waals surface area (Å²) in [4.78, 5) is 11.0. The van der Waals surface area contributed by atoms with Crippen LogP contribution in [0.4, 0.5) is 5.69 Å². The first-order chi connectivity index (χ1) is 9.10. The Bertz CT molecular complexity index is 464. The molecule has 2 rings (SSSR count). The largest absolute Gasteiger partial charge is 0.496 e. The van der Waals surface area contributed by atoms with Crippen LogP contribution >= 0.6 is 15.9 Å². The van der Waals surface area contributed by atoms with Gasteiger partial charge in [-0.05, 0) is 53.4 Å². The van der Waals surface area contributed by atoms with E-state index < -0.39 is 5.97 Å². The van der Waals surface area contributed by atoms with Gasteiger partial charge in [-0.2, -0.15) is 0 Å². The second kappa shape index (κ2) is 6.28. The topological polar surface area (TPSA) is 58.6 Å². The Hall–Kier alpha value is -1.23. The lowest BCUT2D eigenvalue weighted by Crippen LogP contribution is -2.30. The number of hydrogen-bond donors (Lipinski definition) is 2. The highest BCUT2D eigenvalue weighted by Gasteiger charge is 2.26. The second-order valence-corrected chi connectivity index (χ2v) is 5.75. The molecule has 0 amide bonds. The van der Waals surface area contributed by atoms with Crippen molar-refractivity contribution in [2.75, 3.05) is 12.4 Å². The highest BCUT2D eigenvalue weighted by atomic mass is 79.9. The van der Waals surface area contributed by atoms with Crippen LogP contribution in [0.2, 0.25) is 0 Å². The molecular weight excluding hydrogens is 310 g/mol. The van der Waals surface area contributed by atoms with E-state index in [-0.39, 0.29) is 12.0 Å². The monoisotopic (exact) mass is 327 g/mol. The zero-order chi connectivity index (χ0) is 13.8. The highest BCUT2D eigenvalue weighted by Crippen LogP contribution is 2.31. The number of aliphatic carboxylic acids is 1. The molecule has 0 aliphatic heterocycles. The maximum Gasteiger partial charge on any atom is 0.306 e. The average Bonchev–Trinajstić information content (AvgIpc) is 2.39. The smallest absolute Gasteiger partial charge is 0.306 e. The van der Waals surface area contributed by atoms with Crippen molar-refractivity contribution in [3.63, 3.8) is 0 Å². The first-order valence-corrected chi connectivity index (χ1v) is 7.22. The third-order valence-corrected chi connectivity index (χ3v) is 4.17. The molecule has 2 N–H and O–H groups in total. The van der Waals surface area contributed by atoms with Crippen LogP contribution in [0.5, 0.6) is 5.75 Å². The molecule has 0 bridgehead atoms. The zero-order valence-corrected chi connectivity index (χ0v) is 12.4. The molecule has 1 aliphatic rings. The van der Waals surface area contributed by atoms with Gasteiger partial charge in [-0.1, -0.05) is 6.42 Å². The summed E-state index contributed by atoms with van der Waals surface area (Å²) in [6, 6.07) is 6.04. The maximum atomic E-state index is 11.0. The predicted molar refractivity (Wildman–Crippen MR) is 77.7 cm³/mol. The molecule has 0 heterocycles. The molecule has 1 aromatic carbocycles. The number of carboxylic acids is 1. The average molecular weight is 328 g/mol. The van der Waals surface area contributed by atoms with Crippen LogP contribution in [-0.2, 0) is 4.79 Å². The quantitative estimate of drug-likeness (QED) is 0.888. The molecule has 104 valence electrons. The lowest BCUT2D eigenvalue weighted by molar-refractivity contribution is -0.142. The molecule has 1 aliphatic carbocycles. The van der Waals surface area contributed by atoms with Gasteiger partial charge < -0.3 is 15.2 Å². The fourth-order valence-corrected chi connectivity index (χ4v) is 3.08. The summed E-state index contributed by atoms with van der Waals surface area (Å²) in [5.41, 5.74) is 0.990. The van der Waals surface area contributed by atoms with E-state index in [0.29, 0.717) is 6.42 Å². The Morgan fingerprint density at radius 1 is 1.47 bits per heavy atom. The molecule has 19 heavy (non-hydrogen) atoms. The van der Waals surface area contributed by atoms with E-state index in [2.05, 4.69) is 21.2 Å². The van der Waals surface area contributed by atoms with Crippen molar-refractivity contribution >= 4 is 27.6 Å². The fourth-order valence-electron chi connectivity index (χ4n) is 2.54. The summed E-state index contributed by atoms with van der Waals surface area (Å²) in [5.74, 6) is -0.104. The summed E-state index contributed by atoms with van der Waals surface area (Å²) in [6.45, 7) is 0. The highest BCUT2D eigenvalue weighted by molar-refractivity contribution is 9.10. The van der Waals surface area contributed by atoms with Gasteiger partial charge in [-0.25, -0.2) is 0 Å². The Kier molecular flexibility index (Phi) is 4.69. The molecule has 2 atom stereocenters. The van der Waals surface area contributed by atoms with Crippen LogP contribution in [-0.4, -0.2) is 24.2 Å². The van der Waals surface area contributed by atoms with E-state index in [9.17, 15) is 4.79 Å². The van der Waals surface area contributed by atoms with E-state index >= 15 is 0 Å².